The van der Waals surface area contributed by atoms with Crippen LogP contribution in [0.4, 0.5) is 0 Å². The van der Waals surface area contributed by atoms with Crippen LogP contribution >= 0.6 is 11.6 Å². The maximum Gasteiger partial charge on any atom is 0.352 e. The molecular weight excluding hydrogens is 362 g/mol. The van der Waals surface area contributed by atoms with Gasteiger partial charge in [0, 0.05) is 16.1 Å². The number of aliphatic carboxylic acids is 1. The van der Waals surface area contributed by atoms with Crippen LogP contribution in [0.2, 0.25) is 5.02 Å². The van der Waals surface area contributed by atoms with Crippen LogP contribution < -0.4 is 5.32 Å². The lowest BCUT2D eigenvalue weighted by Crippen LogP contribution is -2.27. The van der Waals surface area contributed by atoms with Crippen molar-refractivity contribution in [3.8, 4) is 11.1 Å². The van der Waals surface area contributed by atoms with Crippen LogP contribution in [0.25, 0.3) is 17.2 Å². The van der Waals surface area contributed by atoms with Gasteiger partial charge in [0.25, 0.3) is 5.91 Å². The molecule has 0 unspecified atom stereocenters. The Bertz CT molecular complexity index is 996. The molecule has 134 valence electrons. The van der Waals surface area contributed by atoms with Crippen LogP contribution in [0.15, 0.2) is 84.6 Å². The Kier molecular flexibility index (Phi) is 5.69. The lowest BCUT2D eigenvalue weighted by Gasteiger charge is -2.07. The van der Waals surface area contributed by atoms with E-state index in [2.05, 4.69) is 5.32 Å². The summed E-state index contributed by atoms with van der Waals surface area (Å²) < 4.78 is 0. The van der Waals surface area contributed by atoms with E-state index in [4.69, 9.17) is 11.6 Å². The predicted molar refractivity (Wildman–Crippen MR) is 106 cm³/mol. The number of carbonyl (C=O) groups is 2. The van der Waals surface area contributed by atoms with Crippen LogP contribution in [-0.2, 0) is 4.79 Å². The van der Waals surface area contributed by atoms with Gasteiger partial charge in [0.2, 0.25) is 0 Å². The van der Waals surface area contributed by atoms with E-state index in [0.717, 1.165) is 11.1 Å². The highest BCUT2D eigenvalue weighted by molar-refractivity contribution is 6.33. The molecule has 5 heteroatoms. The van der Waals surface area contributed by atoms with Crippen molar-refractivity contribution in [2.75, 3.05) is 0 Å². The van der Waals surface area contributed by atoms with Gasteiger partial charge in [-0.15, -0.1) is 0 Å². The summed E-state index contributed by atoms with van der Waals surface area (Å²) in [4.78, 5) is 23.7. The molecule has 2 N–H and O–H groups in total. The second-order valence-corrected chi connectivity index (χ2v) is 6.19. The summed E-state index contributed by atoms with van der Waals surface area (Å²) in [5.41, 5.74) is 2.65. The Balaban J connectivity index is 1.83. The molecule has 0 aliphatic carbocycles. The smallest absolute Gasteiger partial charge is 0.352 e. The molecule has 0 spiro atoms. The Morgan fingerprint density at radius 3 is 2.11 bits per heavy atom. The number of hydrogen-bond acceptors (Lipinski definition) is 2. The third-order valence-electron chi connectivity index (χ3n) is 3.92. The second-order valence-electron chi connectivity index (χ2n) is 5.79. The van der Waals surface area contributed by atoms with E-state index in [1.54, 1.807) is 42.5 Å². The zero-order valence-electron chi connectivity index (χ0n) is 14.2. The lowest BCUT2D eigenvalue weighted by molar-refractivity contribution is -0.132. The highest BCUT2D eigenvalue weighted by Gasteiger charge is 2.13. The van der Waals surface area contributed by atoms with Crippen molar-refractivity contribution in [2.45, 2.75) is 0 Å². The minimum absolute atomic E-state index is 0.200. The van der Waals surface area contributed by atoms with E-state index in [9.17, 15) is 14.7 Å². The fourth-order valence-electron chi connectivity index (χ4n) is 2.56. The maximum atomic E-state index is 12.2. The van der Waals surface area contributed by atoms with Crippen molar-refractivity contribution >= 4 is 29.6 Å². The molecule has 1 amide bonds. The van der Waals surface area contributed by atoms with Crippen molar-refractivity contribution in [3.05, 3.63) is 101 Å². The van der Waals surface area contributed by atoms with Gasteiger partial charge in [0.1, 0.15) is 5.70 Å². The number of nitrogens with one attached hydrogen (secondary N) is 1. The number of carboxylic acids is 1. The molecule has 0 atom stereocenters. The molecule has 3 aromatic carbocycles. The summed E-state index contributed by atoms with van der Waals surface area (Å²) >= 11 is 6.20. The van der Waals surface area contributed by atoms with E-state index < -0.39 is 11.9 Å². The molecule has 0 aliphatic heterocycles. The van der Waals surface area contributed by atoms with Gasteiger partial charge in [-0.05, 0) is 35.4 Å². The highest BCUT2D eigenvalue weighted by Crippen LogP contribution is 2.27. The van der Waals surface area contributed by atoms with Crippen molar-refractivity contribution < 1.29 is 14.7 Å². The van der Waals surface area contributed by atoms with Crippen LogP contribution in [-0.4, -0.2) is 17.0 Å². The minimum atomic E-state index is -1.21. The summed E-state index contributed by atoms with van der Waals surface area (Å²) in [7, 11) is 0. The van der Waals surface area contributed by atoms with Crippen LogP contribution in [0.5, 0.6) is 0 Å². The van der Waals surface area contributed by atoms with Crippen molar-refractivity contribution in [2.24, 2.45) is 0 Å². The zero-order chi connectivity index (χ0) is 19.2. The highest BCUT2D eigenvalue weighted by atomic mass is 35.5. The van der Waals surface area contributed by atoms with Crippen LogP contribution in [0.3, 0.4) is 0 Å². The molecule has 3 rings (SSSR count). The first-order chi connectivity index (χ1) is 13.0. The van der Waals surface area contributed by atoms with Gasteiger partial charge in [-0.2, -0.15) is 0 Å². The Morgan fingerprint density at radius 2 is 1.48 bits per heavy atom. The van der Waals surface area contributed by atoms with E-state index >= 15 is 0 Å². The minimum Gasteiger partial charge on any atom is -0.477 e. The normalized spacial score (nSPS) is 11.1. The van der Waals surface area contributed by atoms with Crippen molar-refractivity contribution in [3.63, 3.8) is 0 Å². The Morgan fingerprint density at radius 1 is 0.852 bits per heavy atom. The largest absolute Gasteiger partial charge is 0.477 e. The molecule has 3 aromatic rings. The number of amides is 1. The molecule has 0 bridgehead atoms. The van der Waals surface area contributed by atoms with Crippen LogP contribution in [0, 0.1) is 0 Å². The number of benzene rings is 3. The van der Waals surface area contributed by atoms with Gasteiger partial charge in [-0.3, -0.25) is 4.79 Å². The van der Waals surface area contributed by atoms with E-state index in [1.807, 2.05) is 36.4 Å². The molecular formula is C22H16ClNO3. The molecule has 27 heavy (non-hydrogen) atoms. The molecule has 0 saturated carbocycles. The van der Waals surface area contributed by atoms with Gasteiger partial charge in [-0.25, -0.2) is 4.79 Å². The van der Waals surface area contributed by atoms with Crippen LogP contribution in [0.1, 0.15) is 15.9 Å². The summed E-state index contributed by atoms with van der Waals surface area (Å²) in [6.07, 6.45) is 1.42. The predicted octanol–water partition coefficient (Wildman–Crippen LogP) is 4.86. The van der Waals surface area contributed by atoms with Gasteiger partial charge in [0.15, 0.2) is 0 Å². The summed E-state index contributed by atoms with van der Waals surface area (Å²) in [5, 5.41) is 12.5. The number of rotatable bonds is 5. The number of carboxylic acid groups (broad SMARTS) is 1. The maximum absolute atomic E-state index is 12.2. The van der Waals surface area contributed by atoms with E-state index in [-0.39, 0.29) is 5.70 Å². The third-order valence-corrected chi connectivity index (χ3v) is 4.25. The summed E-state index contributed by atoms with van der Waals surface area (Å²) in [6, 6.07) is 23.2. The first kappa shape index (κ1) is 18.4. The van der Waals surface area contributed by atoms with E-state index in [1.165, 1.54) is 6.08 Å². The Hall–Kier alpha value is -3.37. The molecule has 0 saturated heterocycles. The van der Waals surface area contributed by atoms with Gasteiger partial charge >= 0.3 is 5.97 Å². The fraction of sp³-hybridized carbons (Fsp3) is 0. The summed E-state index contributed by atoms with van der Waals surface area (Å²) in [5.74, 6) is -1.69. The molecule has 0 heterocycles. The molecule has 0 radical (unpaired) electrons. The van der Waals surface area contributed by atoms with Gasteiger partial charge < -0.3 is 10.4 Å². The fourth-order valence-corrected chi connectivity index (χ4v) is 2.80. The van der Waals surface area contributed by atoms with Gasteiger partial charge in [-0.1, -0.05) is 72.3 Å². The number of halogens is 1. The van der Waals surface area contributed by atoms with E-state index in [0.29, 0.717) is 16.1 Å². The molecule has 4 nitrogen and oxygen atoms in total. The standard InChI is InChI=1S/C22H16ClNO3/c23-19-9-5-4-8-18(19)16-12-10-15(11-13-16)14-20(22(26)27)24-21(25)17-6-2-1-3-7-17/h1-14H,(H,24,25)(H,26,27). The topological polar surface area (TPSA) is 66.4 Å². The summed E-state index contributed by atoms with van der Waals surface area (Å²) in [6.45, 7) is 0. The Labute approximate surface area is 161 Å². The third kappa shape index (κ3) is 4.63. The van der Waals surface area contributed by atoms with Crippen molar-refractivity contribution in [1.29, 1.82) is 0 Å². The first-order valence-corrected chi connectivity index (χ1v) is 8.59. The molecule has 0 fully saturated rings. The monoisotopic (exact) mass is 377 g/mol. The SMILES string of the molecule is O=C(O)C(=Cc1ccc(-c2ccccc2Cl)cc1)NC(=O)c1ccccc1. The molecule has 0 aliphatic rings. The quantitative estimate of drug-likeness (QED) is 0.624. The van der Waals surface area contributed by atoms with Crippen molar-refractivity contribution in [1.82, 2.24) is 5.32 Å². The number of hydrogen-bond donors (Lipinski definition) is 2. The molecule has 0 aromatic heterocycles. The second kappa shape index (κ2) is 8.34. The number of carbonyl (C=O) groups excluding carboxylic acids is 1. The average molecular weight is 378 g/mol. The average Bonchev–Trinajstić information content (AvgIpc) is 2.69. The zero-order valence-corrected chi connectivity index (χ0v) is 15.0. The lowest BCUT2D eigenvalue weighted by atomic mass is 10.0. The van der Waals surface area contributed by atoms with Gasteiger partial charge in [0.05, 0.1) is 0 Å². The first-order valence-electron chi connectivity index (χ1n) is 8.21.